The first-order valence-electron chi connectivity index (χ1n) is 7.22. The summed E-state index contributed by atoms with van der Waals surface area (Å²) in [4.78, 5) is 10.8. The highest BCUT2D eigenvalue weighted by atomic mass is 19.1. The van der Waals surface area contributed by atoms with Crippen LogP contribution in [0.25, 0.3) is 0 Å². The summed E-state index contributed by atoms with van der Waals surface area (Å²) in [5, 5.41) is 13.3. The topological polar surface area (TPSA) is 70.9 Å². The molecule has 1 aliphatic rings. The number of hydrogen-bond acceptors (Lipinski definition) is 4. The highest BCUT2D eigenvalue weighted by Gasteiger charge is 2.16. The second kappa shape index (κ2) is 6.48. The average Bonchev–Trinajstić information content (AvgIpc) is 2.75. The number of anilines is 1. The predicted molar refractivity (Wildman–Crippen MR) is 84.7 cm³/mol. The van der Waals surface area contributed by atoms with Crippen LogP contribution >= 0.6 is 0 Å². The smallest absolute Gasteiger partial charge is 0.335 e. The molecule has 23 heavy (non-hydrogen) atoms. The minimum Gasteiger partial charge on any atom is -0.493 e. The molecule has 1 aliphatic heterocycles. The summed E-state index contributed by atoms with van der Waals surface area (Å²) in [7, 11) is 0. The maximum absolute atomic E-state index is 13.3. The fourth-order valence-corrected chi connectivity index (χ4v) is 2.35. The van der Waals surface area contributed by atoms with Crippen LogP contribution in [0.2, 0.25) is 0 Å². The lowest BCUT2D eigenvalue weighted by atomic mass is 10.1. The molecule has 0 bridgehead atoms. The van der Waals surface area contributed by atoms with Crippen LogP contribution in [-0.4, -0.2) is 23.4 Å². The molecule has 6 heteroatoms. The van der Waals surface area contributed by atoms with Crippen molar-refractivity contribution in [1.82, 2.24) is 0 Å². The van der Waals surface area contributed by atoms with Gasteiger partial charge in [0.1, 0.15) is 11.6 Å². The molecule has 0 saturated heterocycles. The number of carboxylic acids is 1. The van der Waals surface area contributed by atoms with Gasteiger partial charge in [-0.2, -0.15) is 5.10 Å². The van der Waals surface area contributed by atoms with E-state index in [-0.39, 0.29) is 11.4 Å². The van der Waals surface area contributed by atoms with Gasteiger partial charge < -0.3 is 9.84 Å². The Morgan fingerprint density at radius 3 is 2.74 bits per heavy atom. The second-order valence-electron chi connectivity index (χ2n) is 5.15. The van der Waals surface area contributed by atoms with Crippen molar-refractivity contribution >= 4 is 17.4 Å². The van der Waals surface area contributed by atoms with Crippen molar-refractivity contribution in [2.24, 2.45) is 5.10 Å². The lowest BCUT2D eigenvalue weighted by molar-refractivity contribution is 0.0697. The van der Waals surface area contributed by atoms with Gasteiger partial charge in [0.25, 0.3) is 0 Å². The summed E-state index contributed by atoms with van der Waals surface area (Å²) in [5.41, 5.74) is 5.34. The van der Waals surface area contributed by atoms with Crippen LogP contribution in [0.5, 0.6) is 5.75 Å². The van der Waals surface area contributed by atoms with Crippen molar-refractivity contribution in [2.75, 3.05) is 12.0 Å². The minimum absolute atomic E-state index is 0.215. The van der Waals surface area contributed by atoms with E-state index in [0.717, 1.165) is 17.7 Å². The molecule has 0 radical (unpaired) electrons. The van der Waals surface area contributed by atoms with Crippen LogP contribution in [0.15, 0.2) is 47.6 Å². The van der Waals surface area contributed by atoms with Crippen molar-refractivity contribution in [3.8, 4) is 5.75 Å². The number of fused-ring (bicyclic) bond motifs is 1. The Morgan fingerprint density at radius 1 is 1.22 bits per heavy atom. The number of carboxylic acid groups (broad SMARTS) is 1. The van der Waals surface area contributed by atoms with E-state index in [9.17, 15) is 9.18 Å². The summed E-state index contributed by atoms with van der Waals surface area (Å²) >= 11 is 0. The molecule has 2 aromatic carbocycles. The number of halogens is 1. The van der Waals surface area contributed by atoms with E-state index in [1.165, 1.54) is 24.3 Å². The van der Waals surface area contributed by atoms with Gasteiger partial charge in [-0.05, 0) is 49.2 Å². The van der Waals surface area contributed by atoms with Crippen molar-refractivity contribution in [3.63, 3.8) is 0 Å². The van der Waals surface area contributed by atoms with Gasteiger partial charge >= 0.3 is 5.97 Å². The first-order valence-corrected chi connectivity index (χ1v) is 7.22. The zero-order chi connectivity index (χ0) is 16.2. The Labute approximate surface area is 132 Å². The zero-order valence-electron chi connectivity index (χ0n) is 12.3. The molecule has 0 fully saturated rings. The predicted octanol–water partition coefficient (Wildman–Crippen LogP) is 3.51. The van der Waals surface area contributed by atoms with Crippen LogP contribution < -0.4 is 10.2 Å². The minimum atomic E-state index is -0.972. The second-order valence-corrected chi connectivity index (χ2v) is 5.15. The first kappa shape index (κ1) is 15.0. The fraction of sp³-hybridized carbons (Fsp3) is 0.176. The Kier molecular flexibility index (Phi) is 4.23. The molecule has 0 amide bonds. The highest BCUT2D eigenvalue weighted by Crippen LogP contribution is 2.25. The van der Waals surface area contributed by atoms with Crippen LogP contribution in [-0.2, 0) is 0 Å². The highest BCUT2D eigenvalue weighted by molar-refractivity contribution is 6.03. The number of ether oxygens (including phenoxy) is 1. The van der Waals surface area contributed by atoms with Crippen LogP contribution in [0, 0.1) is 5.82 Å². The molecule has 3 rings (SSSR count). The summed E-state index contributed by atoms with van der Waals surface area (Å²) in [6.07, 6.45) is 1.49. The summed E-state index contributed by atoms with van der Waals surface area (Å²) in [6.45, 7) is 0.517. The van der Waals surface area contributed by atoms with E-state index in [0.29, 0.717) is 24.5 Å². The molecule has 5 nitrogen and oxygen atoms in total. The molecule has 0 saturated carbocycles. The van der Waals surface area contributed by atoms with E-state index in [2.05, 4.69) is 10.5 Å². The maximum atomic E-state index is 13.3. The van der Waals surface area contributed by atoms with Gasteiger partial charge in [0.2, 0.25) is 0 Å². The lowest BCUT2D eigenvalue weighted by Gasteiger charge is -2.08. The van der Waals surface area contributed by atoms with E-state index < -0.39 is 5.97 Å². The molecule has 0 spiro atoms. The monoisotopic (exact) mass is 314 g/mol. The Bertz CT molecular complexity index is 757. The van der Waals surface area contributed by atoms with Crippen LogP contribution in [0.1, 0.15) is 28.8 Å². The maximum Gasteiger partial charge on any atom is 0.335 e. The molecule has 0 aliphatic carbocycles. The largest absolute Gasteiger partial charge is 0.493 e. The lowest BCUT2D eigenvalue weighted by Crippen LogP contribution is -2.04. The number of hydrogen-bond donors (Lipinski definition) is 2. The number of aromatic carboxylic acids is 1. The first-order chi connectivity index (χ1) is 11.1. The summed E-state index contributed by atoms with van der Waals surface area (Å²) in [5.74, 6) is -0.828. The third kappa shape index (κ3) is 3.48. The van der Waals surface area contributed by atoms with Gasteiger partial charge in [-0.1, -0.05) is 0 Å². The molecule has 2 N–H and O–H groups in total. The molecule has 0 atom stereocenters. The van der Waals surface area contributed by atoms with Gasteiger partial charge in [-0.25, -0.2) is 9.18 Å². The van der Waals surface area contributed by atoms with E-state index in [1.54, 1.807) is 18.2 Å². The van der Waals surface area contributed by atoms with Gasteiger partial charge in [0.05, 0.1) is 23.6 Å². The third-order valence-corrected chi connectivity index (χ3v) is 3.52. The molecule has 0 unspecified atom stereocenters. The van der Waals surface area contributed by atoms with E-state index in [1.807, 2.05) is 0 Å². The van der Waals surface area contributed by atoms with Gasteiger partial charge in [-0.3, -0.25) is 5.43 Å². The Morgan fingerprint density at radius 2 is 2.00 bits per heavy atom. The number of benzene rings is 2. The zero-order valence-corrected chi connectivity index (χ0v) is 12.3. The number of carbonyl (C=O) groups is 1. The van der Waals surface area contributed by atoms with Crippen molar-refractivity contribution < 1.29 is 19.0 Å². The van der Waals surface area contributed by atoms with Crippen molar-refractivity contribution in [1.29, 1.82) is 0 Å². The third-order valence-electron chi connectivity index (χ3n) is 3.52. The van der Waals surface area contributed by atoms with Gasteiger partial charge in [-0.15, -0.1) is 0 Å². The molecular formula is C17H15FN2O3. The molecule has 0 aromatic heterocycles. The normalized spacial score (nSPS) is 15.4. The molecule has 2 aromatic rings. The Hall–Kier alpha value is -2.89. The van der Waals surface area contributed by atoms with Crippen molar-refractivity contribution in [3.05, 3.63) is 59.4 Å². The quantitative estimate of drug-likeness (QED) is 0.851. The number of nitrogens with zero attached hydrogens (tertiary/aromatic N) is 1. The average molecular weight is 314 g/mol. The van der Waals surface area contributed by atoms with E-state index in [4.69, 9.17) is 9.84 Å². The summed E-state index contributed by atoms with van der Waals surface area (Å²) < 4.78 is 18.9. The molecular weight excluding hydrogens is 299 g/mol. The van der Waals surface area contributed by atoms with E-state index >= 15 is 0 Å². The molecule has 118 valence electrons. The van der Waals surface area contributed by atoms with Gasteiger partial charge in [0, 0.05) is 11.6 Å². The number of nitrogens with one attached hydrogen (secondary N) is 1. The van der Waals surface area contributed by atoms with Crippen LogP contribution in [0.3, 0.4) is 0 Å². The number of hydrazone groups is 1. The Balaban J connectivity index is 1.83. The SMILES string of the molecule is O=C(O)c1ccc(N/N=C2/CCCOc3cc(F)ccc32)cc1. The van der Waals surface area contributed by atoms with Crippen LogP contribution in [0.4, 0.5) is 10.1 Å². The number of rotatable bonds is 3. The summed E-state index contributed by atoms with van der Waals surface area (Å²) in [6, 6.07) is 10.7. The van der Waals surface area contributed by atoms with Crippen molar-refractivity contribution in [2.45, 2.75) is 12.8 Å². The standard InChI is InChI=1S/C17H15FN2O3/c18-12-5-8-14-15(2-1-9-23-16(14)10-12)20-19-13-6-3-11(4-7-13)17(21)22/h3-8,10,19H,1-2,9H2,(H,21,22)/b20-15-. The van der Waals surface area contributed by atoms with Gasteiger partial charge in [0.15, 0.2) is 0 Å². The molecule has 1 heterocycles. The fourth-order valence-electron chi connectivity index (χ4n) is 2.35.